The van der Waals surface area contributed by atoms with Crippen LogP contribution in [-0.4, -0.2) is 37.9 Å². The van der Waals surface area contributed by atoms with E-state index in [2.05, 4.69) is 22.1 Å². The normalized spacial score (nSPS) is 11.7. The molecule has 3 aromatic rings. The van der Waals surface area contributed by atoms with Crippen LogP contribution < -0.4 is 14.2 Å². The number of Topliss-reactive ketones (excluding diaryl/α,β-unsaturated/α-hetero) is 1. The maximum absolute atomic E-state index is 12.7. The average Bonchev–Trinajstić information content (AvgIpc) is 3.14. The molecule has 1 heterocycles. The topological polar surface area (TPSA) is 50.7 Å². The fraction of sp³-hybridized carbons (Fsp3) is 0.320. The Morgan fingerprint density at radius 1 is 1.16 bits per heavy atom. The van der Waals surface area contributed by atoms with Gasteiger partial charge in [-0.05, 0) is 35.9 Å². The van der Waals surface area contributed by atoms with Crippen LogP contribution in [0.25, 0.3) is 11.4 Å². The number of ketones is 1. The first-order chi connectivity index (χ1) is 14.7. The molecule has 1 aromatic heterocycles. The number of carbonyl (C=O) groups excluding carboxylic acids is 1. The molecular formula is C25H31N4O2+. The molecule has 0 aliphatic carbocycles. The molecule has 0 saturated heterocycles. The van der Waals surface area contributed by atoms with Crippen LogP contribution in [-0.2, 0) is 11.3 Å². The molecule has 0 unspecified atom stereocenters. The Bertz CT molecular complexity index is 1070. The predicted octanol–water partition coefficient (Wildman–Crippen LogP) is 4.01. The molecular weight excluding hydrogens is 388 g/mol. The summed E-state index contributed by atoms with van der Waals surface area (Å²) < 4.78 is 9.14. The summed E-state index contributed by atoms with van der Waals surface area (Å²) in [5.41, 5.74) is 2.63. The minimum absolute atomic E-state index is 0.155. The van der Waals surface area contributed by atoms with E-state index in [0.29, 0.717) is 0 Å². The smallest absolute Gasteiger partial charge is 0.314 e. The Balaban J connectivity index is 2.00. The van der Waals surface area contributed by atoms with E-state index in [-0.39, 0.29) is 12.3 Å². The Hall–Kier alpha value is -3.41. The molecule has 0 fully saturated rings. The van der Waals surface area contributed by atoms with E-state index in [1.165, 1.54) is 0 Å². The summed E-state index contributed by atoms with van der Waals surface area (Å²) in [6, 6.07) is 16.0. The number of hydrogen-bond acceptors (Lipinski definition) is 4. The molecule has 0 aliphatic heterocycles. The van der Waals surface area contributed by atoms with Crippen molar-refractivity contribution in [1.82, 2.24) is 4.68 Å². The number of aromatic nitrogens is 2. The van der Waals surface area contributed by atoms with Gasteiger partial charge in [0.1, 0.15) is 18.5 Å². The third-order valence-corrected chi connectivity index (χ3v) is 5.10. The van der Waals surface area contributed by atoms with Crippen LogP contribution in [0.2, 0.25) is 0 Å². The summed E-state index contributed by atoms with van der Waals surface area (Å²) in [6.07, 6.45) is 5.58. The van der Waals surface area contributed by atoms with Crippen LogP contribution in [0.3, 0.4) is 0 Å². The number of anilines is 1. The summed E-state index contributed by atoms with van der Waals surface area (Å²) in [7, 11) is 5.67. The lowest BCUT2D eigenvalue weighted by molar-refractivity contribution is -0.673. The molecule has 0 bridgehead atoms. The molecule has 0 spiro atoms. The molecule has 6 nitrogen and oxygen atoms in total. The first-order valence-electron chi connectivity index (χ1n) is 10.3. The lowest BCUT2D eigenvalue weighted by Crippen LogP contribution is -2.42. The number of carbonyl (C=O) groups is 1. The van der Waals surface area contributed by atoms with E-state index in [1.807, 2.05) is 94.4 Å². The van der Waals surface area contributed by atoms with Crippen molar-refractivity contribution in [2.45, 2.75) is 27.3 Å². The Morgan fingerprint density at radius 3 is 2.48 bits per heavy atom. The summed E-state index contributed by atoms with van der Waals surface area (Å²) in [4.78, 5) is 14.8. The van der Waals surface area contributed by atoms with E-state index < -0.39 is 5.41 Å². The second kappa shape index (κ2) is 9.16. The standard InChI is InChI=1S/C25H31N4O2/c1-25(2,3)23(30)18-28-14-15-29(24(28)20-8-7-9-22(16-20)31-6)26-17-19-10-12-21(13-11-19)27(4)5/h7-17H,18H2,1-6H3/q+1/b26-17+. The zero-order chi connectivity index (χ0) is 22.6. The van der Waals surface area contributed by atoms with Gasteiger partial charge in [-0.25, -0.2) is 4.57 Å². The maximum Gasteiger partial charge on any atom is 0.314 e. The summed E-state index contributed by atoms with van der Waals surface area (Å²) in [5, 5.41) is 4.68. The summed E-state index contributed by atoms with van der Waals surface area (Å²) in [6.45, 7) is 6.09. The van der Waals surface area contributed by atoms with Crippen molar-refractivity contribution < 1.29 is 14.1 Å². The fourth-order valence-electron chi connectivity index (χ4n) is 3.08. The van der Waals surface area contributed by atoms with Gasteiger partial charge in [-0.2, -0.15) is 0 Å². The second-order valence-corrected chi connectivity index (χ2v) is 8.73. The molecule has 31 heavy (non-hydrogen) atoms. The van der Waals surface area contributed by atoms with Crippen LogP contribution in [0.15, 0.2) is 66.0 Å². The first-order valence-corrected chi connectivity index (χ1v) is 10.3. The lowest BCUT2D eigenvalue weighted by Gasteiger charge is -2.15. The Labute approximate surface area is 184 Å². The molecule has 6 heteroatoms. The highest BCUT2D eigenvalue weighted by Crippen LogP contribution is 2.23. The van der Waals surface area contributed by atoms with Crippen LogP contribution in [0.1, 0.15) is 26.3 Å². The summed E-state index contributed by atoms with van der Waals surface area (Å²) >= 11 is 0. The number of hydrogen-bond donors (Lipinski definition) is 0. The first kappa shape index (κ1) is 22.3. The van der Waals surface area contributed by atoms with Gasteiger partial charge < -0.3 is 9.64 Å². The molecule has 0 amide bonds. The monoisotopic (exact) mass is 419 g/mol. The Morgan fingerprint density at radius 2 is 1.87 bits per heavy atom. The van der Waals surface area contributed by atoms with E-state index >= 15 is 0 Å². The van der Waals surface area contributed by atoms with E-state index in [4.69, 9.17) is 4.74 Å². The van der Waals surface area contributed by atoms with E-state index in [1.54, 1.807) is 11.8 Å². The van der Waals surface area contributed by atoms with Gasteiger partial charge in [0.05, 0.1) is 18.9 Å². The van der Waals surface area contributed by atoms with Crippen molar-refractivity contribution in [3.8, 4) is 17.1 Å². The van der Waals surface area contributed by atoms with Crippen molar-refractivity contribution in [2.75, 3.05) is 26.1 Å². The molecule has 2 aromatic carbocycles. The van der Waals surface area contributed by atoms with Crippen LogP contribution in [0.5, 0.6) is 5.75 Å². The van der Waals surface area contributed by atoms with Crippen molar-refractivity contribution in [3.05, 3.63) is 66.5 Å². The third kappa shape index (κ3) is 5.40. The van der Waals surface area contributed by atoms with E-state index in [9.17, 15) is 4.79 Å². The second-order valence-electron chi connectivity index (χ2n) is 8.73. The minimum atomic E-state index is -0.418. The molecule has 3 rings (SSSR count). The van der Waals surface area contributed by atoms with Gasteiger partial charge in [0.15, 0.2) is 12.0 Å². The number of ether oxygens (including phenoxy) is 1. The fourth-order valence-corrected chi connectivity index (χ4v) is 3.08. The van der Waals surface area contributed by atoms with Crippen molar-refractivity contribution in [1.29, 1.82) is 0 Å². The number of nitrogens with zero attached hydrogens (tertiary/aromatic N) is 4. The van der Waals surface area contributed by atoms with Gasteiger partial charge in [-0.15, -0.1) is 4.68 Å². The highest BCUT2D eigenvalue weighted by atomic mass is 16.5. The quantitative estimate of drug-likeness (QED) is 0.429. The van der Waals surface area contributed by atoms with Gasteiger partial charge in [-0.3, -0.25) is 4.79 Å². The van der Waals surface area contributed by atoms with Gasteiger partial charge in [0, 0.05) is 25.2 Å². The molecule has 0 radical (unpaired) electrons. The van der Waals surface area contributed by atoms with E-state index in [0.717, 1.165) is 28.4 Å². The van der Waals surface area contributed by atoms with Gasteiger partial charge in [0.25, 0.3) is 0 Å². The predicted molar refractivity (Wildman–Crippen MR) is 125 cm³/mol. The Kier molecular flexibility index (Phi) is 6.59. The largest absolute Gasteiger partial charge is 0.497 e. The minimum Gasteiger partial charge on any atom is -0.497 e. The van der Waals surface area contributed by atoms with Crippen LogP contribution in [0.4, 0.5) is 5.69 Å². The lowest BCUT2D eigenvalue weighted by atomic mass is 9.91. The zero-order valence-corrected chi connectivity index (χ0v) is 19.2. The zero-order valence-electron chi connectivity index (χ0n) is 19.2. The van der Waals surface area contributed by atoms with Gasteiger partial charge in [0.2, 0.25) is 0 Å². The number of rotatable bonds is 7. The number of benzene rings is 2. The number of imidazole rings is 1. The molecule has 0 saturated carbocycles. The van der Waals surface area contributed by atoms with Gasteiger partial charge >= 0.3 is 5.82 Å². The molecule has 0 atom stereocenters. The third-order valence-electron chi connectivity index (χ3n) is 5.10. The number of methoxy groups -OCH3 is 1. The average molecular weight is 420 g/mol. The van der Waals surface area contributed by atoms with Crippen molar-refractivity contribution >= 4 is 17.7 Å². The molecule has 0 N–H and O–H groups in total. The molecule has 162 valence electrons. The molecule has 0 aliphatic rings. The highest BCUT2D eigenvalue weighted by molar-refractivity contribution is 5.82. The maximum atomic E-state index is 12.7. The highest BCUT2D eigenvalue weighted by Gasteiger charge is 2.27. The SMILES string of the molecule is COc1cccc(-c2n(/N=C/c3ccc(N(C)C)cc3)cc[n+]2CC(=O)C(C)(C)C)c1. The van der Waals surface area contributed by atoms with Crippen molar-refractivity contribution in [3.63, 3.8) is 0 Å². The van der Waals surface area contributed by atoms with Crippen LogP contribution >= 0.6 is 0 Å². The van der Waals surface area contributed by atoms with Crippen molar-refractivity contribution in [2.24, 2.45) is 10.5 Å². The van der Waals surface area contributed by atoms with Gasteiger partial charge in [-0.1, -0.05) is 44.1 Å². The summed E-state index contributed by atoms with van der Waals surface area (Å²) in [5.74, 6) is 1.72. The van der Waals surface area contributed by atoms with Crippen LogP contribution in [0, 0.1) is 5.41 Å².